The first-order valence-electron chi connectivity index (χ1n) is 13.0. The van der Waals surface area contributed by atoms with E-state index in [0.29, 0.717) is 25.7 Å². The third kappa shape index (κ3) is 3.20. The van der Waals surface area contributed by atoms with Crippen molar-refractivity contribution in [2.75, 3.05) is 0 Å². The number of ether oxygens (including phenoxy) is 1. The summed E-state index contributed by atoms with van der Waals surface area (Å²) in [5.74, 6) is -0.425. The number of allylic oxidation sites excluding steroid dienone is 1. The van der Waals surface area contributed by atoms with Gasteiger partial charge >= 0.3 is 0 Å². The minimum atomic E-state index is -1.35. The van der Waals surface area contributed by atoms with Gasteiger partial charge in [-0.2, -0.15) is 0 Å². The SMILES string of the molecule is CC(C)(O)CC[C@@H](O)[C@](C)(O)[C@H]1C[C@@H]2O[C@@]23C2=CC(=O)[C@@H]4C[C@@H](O)[C@@H](O)C[C@]4(C)[C@H]2CC[C@]13C. The lowest BCUT2D eigenvalue weighted by atomic mass is 9.46. The van der Waals surface area contributed by atoms with Crippen molar-refractivity contribution in [2.45, 2.75) is 121 Å². The van der Waals surface area contributed by atoms with Gasteiger partial charge in [0, 0.05) is 17.3 Å². The summed E-state index contributed by atoms with van der Waals surface area (Å²) in [6, 6.07) is 0. The van der Waals surface area contributed by atoms with Gasteiger partial charge in [-0.1, -0.05) is 13.8 Å². The Morgan fingerprint density at radius 3 is 2.44 bits per heavy atom. The van der Waals surface area contributed by atoms with E-state index in [2.05, 4.69) is 13.8 Å². The second-order valence-electron chi connectivity index (χ2n) is 13.4. The Bertz CT molecular complexity index is 905. The van der Waals surface area contributed by atoms with Gasteiger partial charge in [0.1, 0.15) is 5.60 Å². The van der Waals surface area contributed by atoms with Gasteiger partial charge in [-0.25, -0.2) is 0 Å². The number of aliphatic hydroxyl groups excluding tert-OH is 3. The van der Waals surface area contributed by atoms with Crippen LogP contribution in [0.2, 0.25) is 0 Å². The molecule has 1 aliphatic heterocycles. The smallest absolute Gasteiger partial charge is 0.159 e. The largest absolute Gasteiger partial charge is 0.390 e. The molecule has 1 saturated heterocycles. The summed E-state index contributed by atoms with van der Waals surface area (Å²) >= 11 is 0. The van der Waals surface area contributed by atoms with Crippen molar-refractivity contribution < 1.29 is 35.1 Å². The van der Waals surface area contributed by atoms with Crippen LogP contribution < -0.4 is 0 Å². The number of epoxide rings is 1. The maximum Gasteiger partial charge on any atom is 0.159 e. The fourth-order valence-corrected chi connectivity index (χ4v) is 8.71. The molecule has 0 aromatic heterocycles. The lowest BCUT2D eigenvalue weighted by molar-refractivity contribution is -0.164. The number of carbonyl (C=O) groups is 1. The number of hydrogen-bond acceptors (Lipinski definition) is 7. The molecule has 5 rings (SSSR count). The molecule has 5 aliphatic rings. The van der Waals surface area contributed by atoms with Gasteiger partial charge in [0.15, 0.2) is 5.78 Å². The number of ketones is 1. The fraction of sp³-hybridized carbons (Fsp3) is 0.889. The number of fused-ring (bicyclic) bond motifs is 3. The Kier molecular flexibility index (Phi) is 5.38. The van der Waals surface area contributed by atoms with Crippen LogP contribution in [0.5, 0.6) is 0 Å². The maximum absolute atomic E-state index is 13.3. The molecule has 0 amide bonds. The number of rotatable bonds is 5. The van der Waals surface area contributed by atoms with Crippen molar-refractivity contribution in [1.29, 1.82) is 0 Å². The molecular weight excluding hydrogens is 436 g/mol. The van der Waals surface area contributed by atoms with E-state index in [9.17, 15) is 30.3 Å². The molecule has 0 aromatic rings. The van der Waals surface area contributed by atoms with Gasteiger partial charge in [-0.05, 0) is 88.7 Å². The Hall–Kier alpha value is -0.830. The summed E-state index contributed by atoms with van der Waals surface area (Å²) in [4.78, 5) is 13.3. The Balaban J connectivity index is 1.47. The number of carbonyl (C=O) groups excluding carboxylic acids is 1. The summed E-state index contributed by atoms with van der Waals surface area (Å²) in [5, 5.41) is 53.5. The average Bonchev–Trinajstić information content (AvgIpc) is 3.38. The normalized spacial score (nSPS) is 50.3. The zero-order valence-electron chi connectivity index (χ0n) is 21.1. The van der Waals surface area contributed by atoms with Crippen LogP contribution >= 0.6 is 0 Å². The minimum absolute atomic E-state index is 0.00740. The molecule has 11 atom stereocenters. The van der Waals surface area contributed by atoms with E-state index < -0.39 is 45.9 Å². The van der Waals surface area contributed by atoms with Gasteiger partial charge in [0.05, 0.1) is 35.6 Å². The fourth-order valence-electron chi connectivity index (χ4n) is 8.71. The highest BCUT2D eigenvalue weighted by molar-refractivity contribution is 5.95. The molecule has 3 saturated carbocycles. The monoisotopic (exact) mass is 478 g/mol. The van der Waals surface area contributed by atoms with E-state index in [0.717, 1.165) is 18.4 Å². The molecule has 192 valence electrons. The van der Waals surface area contributed by atoms with Crippen LogP contribution in [-0.4, -0.2) is 72.5 Å². The zero-order chi connectivity index (χ0) is 25.1. The summed E-state index contributed by atoms with van der Waals surface area (Å²) in [6.45, 7) is 9.33. The third-order valence-electron chi connectivity index (χ3n) is 10.8. The van der Waals surface area contributed by atoms with Crippen molar-refractivity contribution >= 4 is 5.78 Å². The highest BCUT2D eigenvalue weighted by Gasteiger charge is 2.81. The lowest BCUT2D eigenvalue weighted by Crippen LogP contribution is -2.60. The van der Waals surface area contributed by atoms with Crippen molar-refractivity contribution in [1.82, 2.24) is 0 Å². The van der Waals surface area contributed by atoms with Gasteiger partial charge < -0.3 is 30.3 Å². The molecular formula is C27H42O7. The van der Waals surface area contributed by atoms with E-state index in [-0.39, 0.29) is 36.1 Å². The quantitative estimate of drug-likeness (QED) is 0.381. The Morgan fingerprint density at radius 2 is 1.79 bits per heavy atom. The van der Waals surface area contributed by atoms with Gasteiger partial charge in [-0.15, -0.1) is 0 Å². The summed E-state index contributed by atoms with van der Waals surface area (Å²) < 4.78 is 6.39. The second kappa shape index (κ2) is 7.36. The van der Waals surface area contributed by atoms with Crippen LogP contribution in [-0.2, 0) is 9.53 Å². The van der Waals surface area contributed by atoms with Crippen LogP contribution in [0, 0.1) is 28.6 Å². The van der Waals surface area contributed by atoms with Crippen molar-refractivity contribution in [3.8, 4) is 0 Å². The summed E-state index contributed by atoms with van der Waals surface area (Å²) in [6.07, 6.45) is 2.56. The molecule has 0 bridgehead atoms. The maximum atomic E-state index is 13.3. The molecule has 1 spiro atoms. The Morgan fingerprint density at radius 1 is 1.12 bits per heavy atom. The predicted octanol–water partition coefficient (Wildman–Crippen LogP) is 1.87. The van der Waals surface area contributed by atoms with Crippen LogP contribution in [0.4, 0.5) is 0 Å². The number of aliphatic hydroxyl groups is 5. The van der Waals surface area contributed by atoms with E-state index in [1.807, 2.05) is 0 Å². The first-order chi connectivity index (χ1) is 15.6. The Labute approximate surface area is 202 Å². The van der Waals surface area contributed by atoms with Crippen molar-refractivity contribution in [3.63, 3.8) is 0 Å². The standard InChI is InChI=1S/C27H42O7/c1-23(2,32)8-7-21(31)26(5,33)20-12-22-27(34-22)15-10-17(28)16-11-18(29)19(30)13-24(16,3)14(15)6-9-25(20,27)4/h10,14,16,18-22,29-33H,6-9,11-13H2,1-5H3/t14-,16-,18+,19-,20-,21+,22-,24+,25+,26+,27-/m0/s1. The third-order valence-corrected chi connectivity index (χ3v) is 10.8. The van der Waals surface area contributed by atoms with Gasteiger partial charge in [0.2, 0.25) is 0 Å². The van der Waals surface area contributed by atoms with E-state index >= 15 is 0 Å². The molecule has 34 heavy (non-hydrogen) atoms. The zero-order valence-corrected chi connectivity index (χ0v) is 21.1. The van der Waals surface area contributed by atoms with Crippen LogP contribution in [0.15, 0.2) is 11.6 Å². The molecule has 4 aliphatic carbocycles. The van der Waals surface area contributed by atoms with E-state index in [4.69, 9.17) is 4.74 Å². The summed E-state index contributed by atoms with van der Waals surface area (Å²) in [7, 11) is 0. The highest BCUT2D eigenvalue weighted by atomic mass is 16.6. The molecule has 4 fully saturated rings. The van der Waals surface area contributed by atoms with Crippen LogP contribution in [0.3, 0.4) is 0 Å². The number of hydrogen-bond donors (Lipinski definition) is 5. The van der Waals surface area contributed by atoms with Crippen molar-refractivity contribution in [2.24, 2.45) is 28.6 Å². The van der Waals surface area contributed by atoms with E-state index in [1.165, 1.54) is 0 Å². The molecule has 7 heteroatoms. The van der Waals surface area contributed by atoms with Crippen LogP contribution in [0.25, 0.3) is 0 Å². The molecule has 0 unspecified atom stereocenters. The molecule has 1 heterocycles. The molecule has 0 radical (unpaired) electrons. The molecule has 7 nitrogen and oxygen atoms in total. The molecule has 0 aromatic carbocycles. The summed E-state index contributed by atoms with van der Waals surface area (Å²) in [5.41, 5.74) is -2.76. The molecule has 5 N–H and O–H groups in total. The predicted molar refractivity (Wildman–Crippen MR) is 125 cm³/mol. The van der Waals surface area contributed by atoms with Gasteiger partial charge in [-0.3, -0.25) is 4.79 Å². The topological polar surface area (TPSA) is 131 Å². The van der Waals surface area contributed by atoms with E-state index in [1.54, 1.807) is 26.8 Å². The van der Waals surface area contributed by atoms with Crippen LogP contribution in [0.1, 0.15) is 79.6 Å². The van der Waals surface area contributed by atoms with Crippen molar-refractivity contribution in [3.05, 3.63) is 11.6 Å². The second-order valence-corrected chi connectivity index (χ2v) is 13.4. The van der Waals surface area contributed by atoms with Gasteiger partial charge in [0.25, 0.3) is 0 Å². The first-order valence-corrected chi connectivity index (χ1v) is 13.0. The lowest BCUT2D eigenvalue weighted by Gasteiger charge is -2.58. The first kappa shape index (κ1) is 24.8. The minimum Gasteiger partial charge on any atom is -0.390 e. The average molecular weight is 479 g/mol. The highest BCUT2D eigenvalue weighted by Crippen LogP contribution is 2.76.